The number of fused-ring (bicyclic) bond motifs is 1. The lowest BCUT2D eigenvalue weighted by Gasteiger charge is -2.31. The van der Waals surface area contributed by atoms with E-state index >= 15 is 0 Å². The molecule has 27 heavy (non-hydrogen) atoms. The number of amides is 1. The van der Waals surface area contributed by atoms with Crippen LogP contribution in [0.3, 0.4) is 0 Å². The predicted octanol–water partition coefficient (Wildman–Crippen LogP) is 2.16. The Labute approximate surface area is 157 Å². The summed E-state index contributed by atoms with van der Waals surface area (Å²) < 4.78 is 10.7. The van der Waals surface area contributed by atoms with E-state index in [1.807, 2.05) is 18.2 Å². The fourth-order valence-corrected chi connectivity index (χ4v) is 3.83. The van der Waals surface area contributed by atoms with Gasteiger partial charge >= 0.3 is 5.97 Å². The summed E-state index contributed by atoms with van der Waals surface area (Å²) >= 11 is 0. The van der Waals surface area contributed by atoms with Crippen molar-refractivity contribution in [3.8, 4) is 0 Å². The predicted molar refractivity (Wildman–Crippen MR) is 97.8 cm³/mol. The van der Waals surface area contributed by atoms with Gasteiger partial charge in [-0.25, -0.2) is 4.79 Å². The number of carboxylic acids is 1. The second-order valence-electron chi connectivity index (χ2n) is 7.03. The van der Waals surface area contributed by atoms with Crippen molar-refractivity contribution in [2.24, 2.45) is 0 Å². The van der Waals surface area contributed by atoms with Gasteiger partial charge in [-0.1, -0.05) is 18.2 Å². The van der Waals surface area contributed by atoms with Crippen molar-refractivity contribution < 1.29 is 23.8 Å². The summed E-state index contributed by atoms with van der Waals surface area (Å²) in [7, 11) is 0. The molecule has 2 aliphatic heterocycles. The Hall–Kier alpha value is -2.80. The number of hydrogen-bond donors (Lipinski definition) is 1. The van der Waals surface area contributed by atoms with Gasteiger partial charge in [0.05, 0.1) is 19.4 Å². The number of benzene rings is 1. The fraction of sp³-hybridized carbons (Fsp3) is 0.400. The first kappa shape index (κ1) is 17.6. The van der Waals surface area contributed by atoms with Crippen LogP contribution in [-0.4, -0.2) is 53.7 Å². The van der Waals surface area contributed by atoms with Crippen LogP contribution in [0, 0.1) is 0 Å². The Morgan fingerprint density at radius 3 is 2.89 bits per heavy atom. The van der Waals surface area contributed by atoms with Crippen LogP contribution < -0.4 is 4.90 Å². The van der Waals surface area contributed by atoms with Gasteiger partial charge in [0.25, 0.3) is 5.91 Å². The van der Waals surface area contributed by atoms with E-state index in [9.17, 15) is 9.59 Å². The number of carbonyl (C=O) groups is 2. The Morgan fingerprint density at radius 1 is 1.26 bits per heavy atom. The number of ether oxygens (including phenoxy) is 1. The molecule has 1 N–H and O–H groups in total. The zero-order chi connectivity index (χ0) is 19.0. The van der Waals surface area contributed by atoms with Crippen LogP contribution in [0.4, 0.5) is 5.69 Å². The van der Waals surface area contributed by atoms with Crippen molar-refractivity contribution in [3.63, 3.8) is 0 Å². The van der Waals surface area contributed by atoms with E-state index in [-0.39, 0.29) is 24.8 Å². The normalized spacial score (nSPS) is 22.0. The molecule has 7 heteroatoms. The van der Waals surface area contributed by atoms with Gasteiger partial charge in [-0.3, -0.25) is 4.79 Å². The molecule has 2 atom stereocenters. The minimum atomic E-state index is -1.06. The summed E-state index contributed by atoms with van der Waals surface area (Å²) in [4.78, 5) is 27.8. The first-order chi connectivity index (χ1) is 13.0. The maximum Gasteiger partial charge on any atom is 0.334 e. The van der Waals surface area contributed by atoms with Crippen LogP contribution in [0.15, 0.2) is 41.0 Å². The third-order valence-electron chi connectivity index (χ3n) is 5.26. The Kier molecular flexibility index (Phi) is 4.61. The quantitative estimate of drug-likeness (QED) is 0.888. The van der Waals surface area contributed by atoms with Gasteiger partial charge in [0.1, 0.15) is 0 Å². The number of aliphatic carboxylic acids is 1. The number of hydrogen-bond acceptors (Lipinski definition) is 5. The van der Waals surface area contributed by atoms with Crippen molar-refractivity contribution in [1.82, 2.24) is 4.90 Å². The molecule has 4 rings (SSSR count). The second kappa shape index (κ2) is 7.08. The van der Waals surface area contributed by atoms with Crippen LogP contribution in [0.1, 0.15) is 28.6 Å². The molecular formula is C20H22N2O5. The molecule has 1 aromatic heterocycles. The minimum Gasteiger partial charge on any atom is -0.479 e. The molecule has 1 saturated heterocycles. The van der Waals surface area contributed by atoms with E-state index in [1.165, 1.54) is 22.4 Å². The monoisotopic (exact) mass is 370 g/mol. The smallest absolute Gasteiger partial charge is 0.334 e. The maximum atomic E-state index is 12.9. The van der Waals surface area contributed by atoms with Gasteiger partial charge in [-0.05, 0) is 31.0 Å². The van der Waals surface area contributed by atoms with E-state index in [0.29, 0.717) is 19.1 Å². The summed E-state index contributed by atoms with van der Waals surface area (Å²) in [5.41, 5.74) is 3.29. The van der Waals surface area contributed by atoms with Crippen LogP contribution >= 0.6 is 0 Å². The van der Waals surface area contributed by atoms with Crippen LogP contribution in [-0.2, 0) is 22.5 Å². The van der Waals surface area contributed by atoms with Crippen LogP contribution in [0.5, 0.6) is 0 Å². The highest BCUT2D eigenvalue weighted by Crippen LogP contribution is 2.33. The first-order valence-corrected chi connectivity index (χ1v) is 9.09. The molecule has 0 saturated carbocycles. The summed E-state index contributed by atoms with van der Waals surface area (Å²) in [6.07, 6.45) is 1.50. The lowest BCUT2D eigenvalue weighted by Crippen LogP contribution is -2.48. The number of carboxylic acid groups (broad SMARTS) is 1. The van der Waals surface area contributed by atoms with Crippen LogP contribution in [0.2, 0.25) is 0 Å². The SMILES string of the molecule is C[C@@H]1Cc2ccccc2N1Cc1ccoc1C(=O)N1CCO[C@@H](C(=O)O)C1. The number of nitrogens with zero attached hydrogens (tertiary/aromatic N) is 2. The van der Waals surface area contributed by atoms with E-state index in [4.69, 9.17) is 14.3 Å². The highest BCUT2D eigenvalue weighted by Gasteiger charge is 2.33. The number of morpholine rings is 1. The van der Waals surface area contributed by atoms with Crippen molar-refractivity contribution in [3.05, 3.63) is 53.5 Å². The van der Waals surface area contributed by atoms with E-state index < -0.39 is 12.1 Å². The zero-order valence-corrected chi connectivity index (χ0v) is 15.1. The molecule has 1 aromatic carbocycles. The Morgan fingerprint density at radius 2 is 2.07 bits per heavy atom. The minimum absolute atomic E-state index is 0.0251. The summed E-state index contributed by atoms with van der Waals surface area (Å²) in [5.74, 6) is -1.07. The van der Waals surface area contributed by atoms with Gasteiger partial charge in [0.15, 0.2) is 11.9 Å². The number of anilines is 1. The molecule has 1 fully saturated rings. The molecule has 3 heterocycles. The molecule has 0 unspecified atom stereocenters. The van der Waals surface area contributed by atoms with Crippen molar-refractivity contribution >= 4 is 17.6 Å². The summed E-state index contributed by atoms with van der Waals surface area (Å²) in [6.45, 7) is 3.32. The number of para-hydroxylation sites is 1. The number of rotatable bonds is 4. The lowest BCUT2D eigenvalue weighted by molar-refractivity contribution is -0.154. The van der Waals surface area contributed by atoms with Gasteiger partial charge in [0.2, 0.25) is 0 Å². The van der Waals surface area contributed by atoms with Gasteiger partial charge in [0, 0.05) is 30.4 Å². The van der Waals surface area contributed by atoms with E-state index in [1.54, 1.807) is 0 Å². The maximum absolute atomic E-state index is 12.9. The highest BCUT2D eigenvalue weighted by atomic mass is 16.5. The fourth-order valence-electron chi connectivity index (χ4n) is 3.83. The zero-order valence-electron chi connectivity index (χ0n) is 15.1. The molecule has 142 valence electrons. The lowest BCUT2D eigenvalue weighted by atomic mass is 10.1. The first-order valence-electron chi connectivity index (χ1n) is 9.09. The largest absolute Gasteiger partial charge is 0.479 e. The topological polar surface area (TPSA) is 83.2 Å². The van der Waals surface area contributed by atoms with Crippen molar-refractivity contribution in [2.75, 3.05) is 24.6 Å². The molecule has 0 radical (unpaired) electrons. The summed E-state index contributed by atoms with van der Waals surface area (Å²) in [5, 5.41) is 9.14. The van der Waals surface area contributed by atoms with Gasteiger partial charge in [-0.2, -0.15) is 0 Å². The third kappa shape index (κ3) is 3.30. The number of furan rings is 1. The molecule has 2 aromatic rings. The molecule has 2 aliphatic rings. The average Bonchev–Trinajstić information content (AvgIpc) is 3.26. The highest BCUT2D eigenvalue weighted by molar-refractivity contribution is 5.93. The van der Waals surface area contributed by atoms with E-state index in [0.717, 1.165) is 12.0 Å². The van der Waals surface area contributed by atoms with Gasteiger partial charge in [-0.15, -0.1) is 0 Å². The molecule has 0 bridgehead atoms. The standard InChI is InChI=1S/C20H22N2O5/c1-13-10-14-4-2-3-5-16(14)22(13)11-15-6-8-27-18(15)19(23)21-7-9-26-17(12-21)20(24)25/h2-6,8,13,17H,7,9-12H2,1H3,(H,24,25)/t13-,17-/m1/s1. The second-order valence-corrected chi connectivity index (χ2v) is 7.03. The Balaban J connectivity index is 1.53. The van der Waals surface area contributed by atoms with E-state index in [2.05, 4.69) is 24.0 Å². The molecule has 1 amide bonds. The summed E-state index contributed by atoms with van der Waals surface area (Å²) in [6, 6.07) is 10.4. The molecule has 0 aliphatic carbocycles. The average molecular weight is 370 g/mol. The number of carbonyl (C=O) groups excluding carboxylic acids is 1. The molecular weight excluding hydrogens is 348 g/mol. The molecule has 0 spiro atoms. The Bertz CT molecular complexity index is 862. The molecule has 7 nitrogen and oxygen atoms in total. The van der Waals surface area contributed by atoms with Crippen molar-refractivity contribution in [2.45, 2.75) is 32.0 Å². The van der Waals surface area contributed by atoms with Crippen molar-refractivity contribution in [1.29, 1.82) is 0 Å². The third-order valence-corrected chi connectivity index (χ3v) is 5.26. The van der Waals surface area contributed by atoms with Crippen LogP contribution in [0.25, 0.3) is 0 Å². The van der Waals surface area contributed by atoms with Gasteiger partial charge < -0.3 is 24.1 Å².